The molecule has 0 radical (unpaired) electrons. The van der Waals surface area contributed by atoms with Crippen molar-refractivity contribution in [2.45, 2.75) is 33.1 Å². The van der Waals surface area contributed by atoms with Crippen LogP contribution < -0.4 is 4.74 Å². The first-order valence-electron chi connectivity index (χ1n) is 7.56. The molecule has 3 heteroatoms. The van der Waals surface area contributed by atoms with Crippen molar-refractivity contribution < 1.29 is 4.74 Å². The third kappa shape index (κ3) is 3.52. The summed E-state index contributed by atoms with van der Waals surface area (Å²) in [4.78, 5) is 2.50. The van der Waals surface area contributed by atoms with Crippen LogP contribution in [-0.4, -0.2) is 31.1 Å². The highest BCUT2D eigenvalue weighted by atomic mass is 16.5. The van der Waals surface area contributed by atoms with Crippen molar-refractivity contribution in [2.75, 3.05) is 26.2 Å². The standard InChI is InChI=1S/C17H24N2O/c1-3-17(4-2)8-9-19(14-17)10-11-20-16-7-5-6-15(12-16)13-18/h5-7,12H,3-4,8-11,14H2,1-2H3. The predicted octanol–water partition coefficient (Wildman–Crippen LogP) is 3.45. The number of hydrogen-bond donors (Lipinski definition) is 0. The molecule has 1 aliphatic rings. The van der Waals surface area contributed by atoms with E-state index in [2.05, 4.69) is 24.8 Å². The van der Waals surface area contributed by atoms with E-state index in [4.69, 9.17) is 10.00 Å². The minimum absolute atomic E-state index is 0.528. The van der Waals surface area contributed by atoms with Gasteiger partial charge in [0.15, 0.2) is 0 Å². The molecule has 0 unspecified atom stereocenters. The lowest BCUT2D eigenvalue weighted by molar-refractivity contribution is 0.204. The lowest BCUT2D eigenvalue weighted by Crippen LogP contribution is -2.29. The van der Waals surface area contributed by atoms with Gasteiger partial charge in [0.1, 0.15) is 12.4 Å². The van der Waals surface area contributed by atoms with Gasteiger partial charge in [-0.25, -0.2) is 0 Å². The van der Waals surface area contributed by atoms with Crippen molar-refractivity contribution in [1.82, 2.24) is 4.90 Å². The number of ether oxygens (including phenoxy) is 1. The van der Waals surface area contributed by atoms with Crippen LogP contribution in [-0.2, 0) is 0 Å². The summed E-state index contributed by atoms with van der Waals surface area (Å²) in [6.45, 7) is 8.65. The van der Waals surface area contributed by atoms with Crippen LogP contribution in [0.25, 0.3) is 0 Å². The van der Waals surface area contributed by atoms with Crippen molar-refractivity contribution in [3.8, 4) is 11.8 Å². The molecule has 1 aliphatic heterocycles. The van der Waals surface area contributed by atoms with E-state index in [-0.39, 0.29) is 0 Å². The molecule has 2 rings (SSSR count). The second kappa shape index (κ2) is 6.76. The van der Waals surface area contributed by atoms with Crippen LogP contribution in [0.2, 0.25) is 0 Å². The Morgan fingerprint density at radius 1 is 1.35 bits per heavy atom. The predicted molar refractivity (Wildman–Crippen MR) is 80.7 cm³/mol. The minimum Gasteiger partial charge on any atom is -0.492 e. The molecule has 0 amide bonds. The molecule has 1 aromatic carbocycles. The van der Waals surface area contributed by atoms with E-state index in [0.29, 0.717) is 17.6 Å². The first kappa shape index (κ1) is 14.9. The zero-order valence-electron chi connectivity index (χ0n) is 12.6. The summed E-state index contributed by atoms with van der Waals surface area (Å²) >= 11 is 0. The maximum atomic E-state index is 8.86. The number of hydrogen-bond acceptors (Lipinski definition) is 3. The fraction of sp³-hybridized carbons (Fsp3) is 0.588. The van der Waals surface area contributed by atoms with Gasteiger partial charge in [-0.15, -0.1) is 0 Å². The van der Waals surface area contributed by atoms with Crippen LogP contribution in [0.5, 0.6) is 5.75 Å². The Labute approximate surface area is 122 Å². The maximum Gasteiger partial charge on any atom is 0.120 e. The summed E-state index contributed by atoms with van der Waals surface area (Å²) in [7, 11) is 0. The summed E-state index contributed by atoms with van der Waals surface area (Å²) in [5.74, 6) is 0.792. The zero-order valence-corrected chi connectivity index (χ0v) is 12.6. The molecule has 20 heavy (non-hydrogen) atoms. The summed E-state index contributed by atoms with van der Waals surface area (Å²) in [6, 6.07) is 9.50. The average molecular weight is 272 g/mol. The number of nitrogens with zero attached hydrogens (tertiary/aromatic N) is 2. The van der Waals surface area contributed by atoms with E-state index < -0.39 is 0 Å². The van der Waals surface area contributed by atoms with E-state index in [1.54, 1.807) is 12.1 Å². The topological polar surface area (TPSA) is 36.3 Å². The zero-order chi connectivity index (χ0) is 14.4. The van der Waals surface area contributed by atoms with Gasteiger partial charge in [-0.3, -0.25) is 4.90 Å². The molecule has 0 N–H and O–H groups in total. The summed E-state index contributed by atoms with van der Waals surface area (Å²) in [5, 5.41) is 8.86. The lowest BCUT2D eigenvalue weighted by atomic mass is 9.82. The summed E-state index contributed by atoms with van der Waals surface area (Å²) < 4.78 is 5.75. The van der Waals surface area contributed by atoms with E-state index in [1.807, 2.05) is 12.1 Å². The second-order valence-electron chi connectivity index (χ2n) is 5.72. The van der Waals surface area contributed by atoms with Crippen molar-refractivity contribution in [2.24, 2.45) is 5.41 Å². The Morgan fingerprint density at radius 2 is 2.15 bits per heavy atom. The van der Waals surface area contributed by atoms with Gasteiger partial charge >= 0.3 is 0 Å². The molecule has 108 valence electrons. The van der Waals surface area contributed by atoms with E-state index in [1.165, 1.54) is 32.4 Å². The molecule has 1 saturated heterocycles. The number of rotatable bonds is 6. The molecular formula is C17H24N2O. The fourth-order valence-electron chi connectivity index (χ4n) is 2.99. The van der Waals surface area contributed by atoms with Crippen molar-refractivity contribution in [3.63, 3.8) is 0 Å². The van der Waals surface area contributed by atoms with Gasteiger partial charge in [0, 0.05) is 13.1 Å². The highest BCUT2D eigenvalue weighted by molar-refractivity contribution is 5.36. The largest absolute Gasteiger partial charge is 0.492 e. The maximum absolute atomic E-state index is 8.86. The normalized spacial score (nSPS) is 17.9. The highest BCUT2D eigenvalue weighted by Crippen LogP contribution is 2.36. The molecule has 0 aliphatic carbocycles. The smallest absolute Gasteiger partial charge is 0.120 e. The number of benzene rings is 1. The Balaban J connectivity index is 1.78. The Hall–Kier alpha value is -1.53. The van der Waals surface area contributed by atoms with E-state index in [0.717, 1.165) is 12.3 Å². The van der Waals surface area contributed by atoms with Crippen LogP contribution in [0.15, 0.2) is 24.3 Å². The van der Waals surface area contributed by atoms with Gasteiger partial charge in [0.2, 0.25) is 0 Å². The highest BCUT2D eigenvalue weighted by Gasteiger charge is 2.34. The van der Waals surface area contributed by atoms with Gasteiger partial charge in [-0.2, -0.15) is 5.26 Å². The molecule has 0 aromatic heterocycles. The van der Waals surface area contributed by atoms with E-state index >= 15 is 0 Å². The minimum atomic E-state index is 0.528. The Kier molecular flexibility index (Phi) is 5.03. The molecule has 0 saturated carbocycles. The second-order valence-corrected chi connectivity index (χ2v) is 5.72. The molecule has 1 fully saturated rings. The third-order valence-electron chi connectivity index (χ3n) is 4.66. The van der Waals surface area contributed by atoms with E-state index in [9.17, 15) is 0 Å². The molecule has 0 atom stereocenters. The van der Waals surface area contributed by atoms with Gasteiger partial charge in [0.25, 0.3) is 0 Å². The molecule has 1 heterocycles. The quantitative estimate of drug-likeness (QED) is 0.796. The van der Waals surface area contributed by atoms with Crippen LogP contribution in [0.1, 0.15) is 38.7 Å². The summed E-state index contributed by atoms with van der Waals surface area (Å²) in [6.07, 6.45) is 3.85. The van der Waals surface area contributed by atoms with Gasteiger partial charge in [0.05, 0.1) is 11.6 Å². The molecule has 0 bridgehead atoms. The number of likely N-dealkylation sites (tertiary alicyclic amines) is 1. The SMILES string of the molecule is CCC1(CC)CCN(CCOc2cccc(C#N)c2)C1. The van der Waals surface area contributed by atoms with Gasteiger partial charge in [-0.05, 0) is 49.4 Å². The van der Waals surface area contributed by atoms with Crippen LogP contribution in [0.4, 0.5) is 0 Å². The fourth-order valence-corrected chi connectivity index (χ4v) is 2.99. The Morgan fingerprint density at radius 3 is 2.80 bits per heavy atom. The molecule has 3 nitrogen and oxygen atoms in total. The first-order chi connectivity index (χ1) is 9.71. The van der Waals surface area contributed by atoms with Crippen LogP contribution in [0, 0.1) is 16.7 Å². The van der Waals surface area contributed by atoms with Crippen LogP contribution in [0.3, 0.4) is 0 Å². The monoisotopic (exact) mass is 272 g/mol. The number of nitriles is 1. The van der Waals surface area contributed by atoms with Gasteiger partial charge in [-0.1, -0.05) is 19.9 Å². The third-order valence-corrected chi connectivity index (χ3v) is 4.66. The van der Waals surface area contributed by atoms with Gasteiger partial charge < -0.3 is 4.74 Å². The van der Waals surface area contributed by atoms with Crippen molar-refractivity contribution in [3.05, 3.63) is 29.8 Å². The lowest BCUT2D eigenvalue weighted by Gasteiger charge is -2.26. The summed E-state index contributed by atoms with van der Waals surface area (Å²) in [5.41, 5.74) is 1.18. The molecule has 1 aromatic rings. The Bertz CT molecular complexity index is 474. The van der Waals surface area contributed by atoms with Crippen LogP contribution >= 0.6 is 0 Å². The molecule has 0 spiro atoms. The average Bonchev–Trinajstić information content (AvgIpc) is 2.92. The van der Waals surface area contributed by atoms with Crippen molar-refractivity contribution >= 4 is 0 Å². The first-order valence-corrected chi connectivity index (χ1v) is 7.56. The van der Waals surface area contributed by atoms with Crippen molar-refractivity contribution in [1.29, 1.82) is 5.26 Å². The molecular weight excluding hydrogens is 248 g/mol.